The van der Waals surface area contributed by atoms with Crippen molar-refractivity contribution in [1.29, 1.82) is 0 Å². The Morgan fingerprint density at radius 2 is 0.700 bits per heavy atom. The molecule has 0 heterocycles. The van der Waals surface area contributed by atoms with E-state index in [2.05, 4.69) is 0 Å². The van der Waals surface area contributed by atoms with Crippen molar-refractivity contribution in [1.82, 2.24) is 0 Å². The first-order valence-corrected chi connectivity index (χ1v) is 1.48. The van der Waals surface area contributed by atoms with Crippen LogP contribution in [0.25, 0.3) is 0 Å². The molecule has 0 unspecified atom stereocenters. The summed E-state index contributed by atoms with van der Waals surface area (Å²) in [5.74, 6) is 0. The van der Waals surface area contributed by atoms with Gasteiger partial charge in [0.1, 0.15) is 0 Å². The second kappa shape index (κ2) is 102. The zero-order valence-corrected chi connectivity index (χ0v) is 5.76. The molecule has 0 aliphatic heterocycles. The molecule has 10 heavy (non-hydrogen) atoms. The van der Waals surface area contributed by atoms with Crippen LogP contribution in [0.1, 0.15) is 0 Å². The Labute approximate surface area is 66.9 Å². The van der Waals surface area contributed by atoms with E-state index in [0.717, 1.165) is 0 Å². The van der Waals surface area contributed by atoms with Crippen molar-refractivity contribution < 1.29 is 46.8 Å². The van der Waals surface area contributed by atoms with Crippen LogP contribution < -0.4 is 0 Å². The van der Waals surface area contributed by atoms with E-state index in [1.165, 1.54) is 0 Å². The maximum atomic E-state index is 8.36. The van der Waals surface area contributed by atoms with Crippen LogP contribution in [0.15, 0.2) is 0 Å². The third-order valence-corrected chi connectivity index (χ3v) is 0. The number of rotatable bonds is 0. The van der Waals surface area contributed by atoms with Gasteiger partial charge in [0.05, 0.1) is 0 Å². The molecule has 0 aliphatic rings. The Kier molecular flexibility index (Phi) is 236. The van der Waals surface area contributed by atoms with Crippen LogP contribution in [0.3, 0.4) is 0 Å². The Bertz CT molecular complexity index is 49.7. The van der Waals surface area contributed by atoms with E-state index in [9.17, 15) is 0 Å². The molecule has 0 radical (unpaired) electrons. The first-order chi connectivity index (χ1) is 4.24. The molecule has 7 heteroatoms. The van der Waals surface area contributed by atoms with Crippen molar-refractivity contribution in [2.24, 2.45) is 0 Å². The van der Waals surface area contributed by atoms with Gasteiger partial charge in [-0.2, -0.15) is 0 Å². The smallest absolute Gasteiger partial charge is 0.290 e. The van der Waals surface area contributed by atoms with Crippen molar-refractivity contribution in [2.75, 3.05) is 0 Å². The van der Waals surface area contributed by atoms with Crippen molar-refractivity contribution in [3.8, 4) is 0 Å². The number of carboxylic acid groups (broad SMARTS) is 3. The summed E-state index contributed by atoms with van der Waals surface area (Å²) in [6.45, 7) is -0.750. The van der Waals surface area contributed by atoms with Gasteiger partial charge in [-0.15, -0.1) is 0 Å². The summed E-state index contributed by atoms with van der Waals surface area (Å²) in [6, 6.07) is 0. The first-order valence-electron chi connectivity index (χ1n) is 1.48. The second-order valence-corrected chi connectivity index (χ2v) is 0.316. The van der Waals surface area contributed by atoms with Gasteiger partial charge in [0.15, 0.2) is 0 Å². The average Bonchev–Trinajstić information content (AvgIpc) is 1.70. The molecule has 0 atom stereocenters. The molecule has 0 fully saturated rings. The van der Waals surface area contributed by atoms with E-state index in [0.29, 0.717) is 0 Å². The van der Waals surface area contributed by atoms with Crippen molar-refractivity contribution in [3.05, 3.63) is 0 Å². The summed E-state index contributed by atoms with van der Waals surface area (Å²) in [5, 5.41) is 20.7. The predicted octanol–water partition coefficient (Wildman–Crippen LogP) is -0.900. The molecule has 0 aromatic carbocycles. The summed E-state index contributed by atoms with van der Waals surface area (Å²) in [4.78, 5) is 25.1. The van der Waals surface area contributed by atoms with E-state index >= 15 is 0 Å². The molecule has 6 nitrogen and oxygen atoms in total. The fourth-order valence-corrected chi connectivity index (χ4v) is 0. The molecule has 0 aromatic heterocycles. The summed E-state index contributed by atoms with van der Waals surface area (Å²) in [5.41, 5.74) is 0. The Balaban J connectivity index is -0.0000000257. The van der Waals surface area contributed by atoms with Crippen LogP contribution in [0.4, 0.5) is 0 Å². The van der Waals surface area contributed by atoms with Gasteiger partial charge >= 0.3 is 0 Å². The number of hydrogen-bond donors (Lipinski definition) is 3. The van der Waals surface area contributed by atoms with Crippen LogP contribution in [0, 0.1) is 0 Å². The van der Waals surface area contributed by atoms with Crippen molar-refractivity contribution in [2.45, 2.75) is 0 Å². The molecule has 0 amide bonds. The summed E-state index contributed by atoms with van der Waals surface area (Å²) in [7, 11) is 0. The third kappa shape index (κ3) is 213. The minimum Gasteiger partial charge on any atom is -0.483 e. The largest absolute Gasteiger partial charge is 0.483 e. The fraction of sp³-hybridized carbons (Fsp3) is 0. The van der Waals surface area contributed by atoms with E-state index in [4.69, 9.17) is 29.7 Å². The molecule has 0 bridgehead atoms. The first kappa shape index (κ1) is 23.1. The second-order valence-electron chi connectivity index (χ2n) is 0.316. The molecule has 0 saturated carbocycles. The topological polar surface area (TPSA) is 112 Å². The molecular weight excluding hydrogens is 188 g/mol. The average molecular weight is 194 g/mol. The van der Waals surface area contributed by atoms with Gasteiger partial charge in [-0.1, -0.05) is 0 Å². The third-order valence-electron chi connectivity index (χ3n) is 0. The number of carbonyl (C=O) groups is 3. The zero-order valence-electron chi connectivity index (χ0n) is 4.65. The van der Waals surface area contributed by atoms with Crippen molar-refractivity contribution in [3.63, 3.8) is 0 Å². The van der Waals surface area contributed by atoms with Gasteiger partial charge in [-0.05, 0) is 0 Å². The van der Waals surface area contributed by atoms with E-state index in [1.807, 2.05) is 0 Å². The quantitative estimate of drug-likeness (QED) is 0.340. The normalized spacial score (nSPS) is 3.60. The van der Waals surface area contributed by atoms with E-state index < -0.39 is 0 Å². The maximum absolute atomic E-state index is 8.36. The minimum atomic E-state index is -0.250. The molecule has 0 aliphatic carbocycles. The molecule has 0 rings (SSSR count). The maximum Gasteiger partial charge on any atom is 0.290 e. The Morgan fingerprint density at radius 1 is 0.700 bits per heavy atom. The van der Waals surface area contributed by atoms with Gasteiger partial charge in [0.2, 0.25) is 0 Å². The van der Waals surface area contributed by atoms with Crippen LogP contribution >= 0.6 is 0 Å². The van der Waals surface area contributed by atoms with Gasteiger partial charge in [-0.3, -0.25) is 14.4 Å². The van der Waals surface area contributed by atoms with E-state index in [1.54, 1.807) is 0 Å². The molecule has 3 N–H and O–H groups in total. The molecule has 0 aromatic rings. The predicted molar refractivity (Wildman–Crippen MR) is 26.1 cm³/mol. The van der Waals surface area contributed by atoms with Crippen LogP contribution in [0.2, 0.25) is 0 Å². The molecular formula is C3H6FeO6. The fourth-order valence-electron chi connectivity index (χ4n) is 0. The van der Waals surface area contributed by atoms with Gasteiger partial charge in [0, 0.05) is 17.1 Å². The summed E-state index contributed by atoms with van der Waals surface area (Å²) >= 11 is 0. The molecule has 0 spiro atoms. The monoisotopic (exact) mass is 194 g/mol. The van der Waals surface area contributed by atoms with Gasteiger partial charge in [-0.25, -0.2) is 0 Å². The number of hydrogen-bond acceptors (Lipinski definition) is 3. The SMILES string of the molecule is O=CO.O=CO.O=CO.[Fe]. The summed E-state index contributed by atoms with van der Waals surface area (Å²) < 4.78 is 0. The van der Waals surface area contributed by atoms with Gasteiger partial charge in [0.25, 0.3) is 19.4 Å². The Hall–Kier alpha value is -1.07. The van der Waals surface area contributed by atoms with Crippen molar-refractivity contribution >= 4 is 19.4 Å². The zero-order chi connectivity index (χ0) is 8.12. The minimum absolute atomic E-state index is 0. The van der Waals surface area contributed by atoms with Gasteiger partial charge < -0.3 is 15.3 Å². The van der Waals surface area contributed by atoms with E-state index in [-0.39, 0.29) is 36.5 Å². The van der Waals surface area contributed by atoms with Crippen LogP contribution in [-0.2, 0) is 31.5 Å². The molecule has 0 saturated heterocycles. The van der Waals surface area contributed by atoms with Crippen LogP contribution in [0.5, 0.6) is 0 Å². The van der Waals surface area contributed by atoms with Crippen LogP contribution in [-0.4, -0.2) is 34.7 Å². The standard InChI is InChI=1S/3CH2O2.Fe/c3*2-1-3;/h3*1H,(H,2,3);. The summed E-state index contributed by atoms with van der Waals surface area (Å²) in [6.07, 6.45) is 0. The molecule has 62 valence electrons. The Morgan fingerprint density at radius 3 is 0.700 bits per heavy atom.